The van der Waals surface area contributed by atoms with Gasteiger partial charge in [0.2, 0.25) is 0 Å². The van der Waals surface area contributed by atoms with Crippen LogP contribution in [0.5, 0.6) is 0 Å². The molecule has 0 aliphatic rings. The molecule has 14 heavy (non-hydrogen) atoms. The van der Waals surface area contributed by atoms with Gasteiger partial charge in [0.25, 0.3) is 5.69 Å². The first-order chi connectivity index (χ1) is 6.72. The number of nitro benzene ring substituents is 1. The Labute approximate surface area is 83.2 Å². The second kappa shape index (κ2) is 3.22. The van der Waals surface area contributed by atoms with Crippen molar-refractivity contribution in [1.29, 1.82) is 0 Å². The van der Waals surface area contributed by atoms with Crippen molar-refractivity contribution in [2.45, 2.75) is 6.00 Å². The summed E-state index contributed by atoms with van der Waals surface area (Å²) < 4.78 is 1.46. The Morgan fingerprint density at radius 2 is 2.36 bits per heavy atom. The van der Waals surface area contributed by atoms with Crippen LogP contribution in [0.2, 0.25) is 0 Å². The van der Waals surface area contributed by atoms with Crippen LogP contribution in [0, 0.1) is 10.1 Å². The van der Waals surface area contributed by atoms with E-state index in [1.807, 2.05) is 0 Å². The first kappa shape index (κ1) is 8.89. The van der Waals surface area contributed by atoms with Crippen LogP contribution in [0.25, 0.3) is 11.0 Å². The standard InChI is InChI=1S/C7H5ClN4O2/c8-4-11-7-2-1-5(12(13)14)3-6(7)9-10-11/h1-3H,4H2. The predicted octanol–water partition coefficient (Wildman–Crippen LogP) is 1.54. The van der Waals surface area contributed by atoms with Crippen LogP contribution >= 0.6 is 11.6 Å². The van der Waals surface area contributed by atoms with Crippen LogP contribution in [0.15, 0.2) is 18.2 Å². The van der Waals surface area contributed by atoms with Gasteiger partial charge in [-0.05, 0) is 6.07 Å². The molecule has 0 saturated heterocycles. The number of rotatable bonds is 2. The maximum Gasteiger partial charge on any atom is 0.271 e. The van der Waals surface area contributed by atoms with E-state index in [1.165, 1.54) is 16.8 Å². The van der Waals surface area contributed by atoms with Gasteiger partial charge in [-0.3, -0.25) is 10.1 Å². The molecular formula is C7H5ClN4O2. The van der Waals surface area contributed by atoms with Gasteiger partial charge in [0.15, 0.2) is 0 Å². The van der Waals surface area contributed by atoms with E-state index < -0.39 is 4.92 Å². The average Bonchev–Trinajstić information content (AvgIpc) is 2.59. The molecule has 1 aromatic carbocycles. The zero-order chi connectivity index (χ0) is 10.1. The predicted molar refractivity (Wildman–Crippen MR) is 50.0 cm³/mol. The fraction of sp³-hybridized carbons (Fsp3) is 0.143. The van der Waals surface area contributed by atoms with Crippen molar-refractivity contribution in [3.63, 3.8) is 0 Å². The van der Waals surface area contributed by atoms with E-state index in [4.69, 9.17) is 11.6 Å². The van der Waals surface area contributed by atoms with Crippen molar-refractivity contribution >= 4 is 28.3 Å². The number of nitro groups is 1. The van der Waals surface area contributed by atoms with Gasteiger partial charge >= 0.3 is 0 Å². The third-order valence-electron chi connectivity index (χ3n) is 1.82. The SMILES string of the molecule is O=[N+]([O-])c1ccc2c(c1)nnn2CCl. The quantitative estimate of drug-likeness (QED) is 0.430. The monoisotopic (exact) mass is 212 g/mol. The molecule has 0 unspecified atom stereocenters. The molecule has 0 N–H and O–H groups in total. The minimum atomic E-state index is -0.473. The summed E-state index contributed by atoms with van der Waals surface area (Å²) in [5.74, 6) is 0. The molecule has 2 aromatic rings. The maximum absolute atomic E-state index is 10.4. The lowest BCUT2D eigenvalue weighted by Gasteiger charge is -1.93. The molecule has 0 atom stereocenters. The van der Waals surface area contributed by atoms with Crippen LogP contribution in [0.4, 0.5) is 5.69 Å². The average molecular weight is 213 g/mol. The van der Waals surface area contributed by atoms with E-state index in [1.54, 1.807) is 6.07 Å². The zero-order valence-electron chi connectivity index (χ0n) is 6.92. The molecule has 2 rings (SSSR count). The normalized spacial score (nSPS) is 10.6. The lowest BCUT2D eigenvalue weighted by molar-refractivity contribution is -0.384. The summed E-state index contributed by atoms with van der Waals surface area (Å²) in [6.45, 7) is 0. The number of hydrogen-bond donors (Lipinski definition) is 0. The van der Waals surface area contributed by atoms with Crippen molar-refractivity contribution in [3.05, 3.63) is 28.3 Å². The molecule has 0 aliphatic heterocycles. The second-order valence-corrected chi connectivity index (χ2v) is 2.88. The third kappa shape index (κ3) is 1.29. The summed E-state index contributed by atoms with van der Waals surface area (Å²) in [5.41, 5.74) is 1.16. The maximum atomic E-state index is 10.4. The van der Waals surface area contributed by atoms with E-state index in [2.05, 4.69) is 10.3 Å². The highest BCUT2D eigenvalue weighted by molar-refractivity contribution is 6.15. The van der Waals surface area contributed by atoms with Crippen molar-refractivity contribution in [3.8, 4) is 0 Å². The van der Waals surface area contributed by atoms with Gasteiger partial charge in [-0.15, -0.1) is 16.7 Å². The molecule has 6 nitrogen and oxygen atoms in total. The molecule has 1 aromatic heterocycles. The van der Waals surface area contributed by atoms with Gasteiger partial charge in [-0.1, -0.05) is 5.21 Å². The number of non-ortho nitro benzene ring substituents is 1. The summed E-state index contributed by atoms with van der Waals surface area (Å²) in [6, 6.07) is 4.52. The largest absolute Gasteiger partial charge is 0.271 e. The first-order valence-electron chi connectivity index (χ1n) is 3.76. The molecule has 0 amide bonds. The number of alkyl halides is 1. The molecular weight excluding hydrogens is 208 g/mol. The lowest BCUT2D eigenvalue weighted by atomic mass is 10.3. The Hall–Kier alpha value is -1.69. The molecule has 7 heteroatoms. The van der Waals surface area contributed by atoms with Crippen molar-refractivity contribution in [2.75, 3.05) is 0 Å². The van der Waals surface area contributed by atoms with Crippen LogP contribution in [0.1, 0.15) is 0 Å². The molecule has 0 radical (unpaired) electrons. The molecule has 0 bridgehead atoms. The first-order valence-corrected chi connectivity index (χ1v) is 4.29. The third-order valence-corrected chi connectivity index (χ3v) is 2.05. The Kier molecular flexibility index (Phi) is 2.05. The highest BCUT2D eigenvalue weighted by Gasteiger charge is 2.09. The van der Waals surface area contributed by atoms with Gasteiger partial charge in [0.1, 0.15) is 11.5 Å². The molecule has 1 heterocycles. The van der Waals surface area contributed by atoms with Crippen molar-refractivity contribution < 1.29 is 4.92 Å². The van der Waals surface area contributed by atoms with Crippen LogP contribution in [-0.2, 0) is 6.00 Å². The van der Waals surface area contributed by atoms with Gasteiger partial charge in [0.05, 0.1) is 10.4 Å². The molecule has 0 aliphatic carbocycles. The van der Waals surface area contributed by atoms with E-state index in [0.29, 0.717) is 11.0 Å². The van der Waals surface area contributed by atoms with E-state index in [0.717, 1.165) is 0 Å². The molecule has 72 valence electrons. The van der Waals surface area contributed by atoms with E-state index in [9.17, 15) is 10.1 Å². The number of benzene rings is 1. The summed E-state index contributed by atoms with van der Waals surface area (Å²) >= 11 is 5.58. The number of nitrogens with zero attached hydrogens (tertiary/aromatic N) is 4. The summed E-state index contributed by atoms with van der Waals surface area (Å²) in [4.78, 5) is 9.97. The lowest BCUT2D eigenvalue weighted by Crippen LogP contribution is -1.93. The summed E-state index contributed by atoms with van der Waals surface area (Å²) in [6.07, 6.45) is 0. The van der Waals surface area contributed by atoms with Gasteiger partial charge < -0.3 is 0 Å². The Bertz CT molecular complexity index is 495. The number of fused-ring (bicyclic) bond motifs is 1. The zero-order valence-corrected chi connectivity index (χ0v) is 7.68. The molecule has 0 fully saturated rings. The van der Waals surface area contributed by atoms with Gasteiger partial charge in [-0.2, -0.15) is 0 Å². The van der Waals surface area contributed by atoms with E-state index >= 15 is 0 Å². The van der Waals surface area contributed by atoms with Crippen LogP contribution in [0.3, 0.4) is 0 Å². The number of halogens is 1. The van der Waals surface area contributed by atoms with Gasteiger partial charge in [0, 0.05) is 12.1 Å². The van der Waals surface area contributed by atoms with Crippen LogP contribution < -0.4 is 0 Å². The van der Waals surface area contributed by atoms with Crippen molar-refractivity contribution in [2.24, 2.45) is 0 Å². The number of hydrogen-bond acceptors (Lipinski definition) is 4. The molecule has 0 spiro atoms. The van der Waals surface area contributed by atoms with Gasteiger partial charge in [-0.25, -0.2) is 4.68 Å². The highest BCUT2D eigenvalue weighted by atomic mass is 35.5. The smallest absolute Gasteiger partial charge is 0.258 e. The van der Waals surface area contributed by atoms with Crippen molar-refractivity contribution in [1.82, 2.24) is 15.0 Å². The fourth-order valence-electron chi connectivity index (χ4n) is 1.16. The topological polar surface area (TPSA) is 73.8 Å². The Morgan fingerprint density at radius 3 is 3.00 bits per heavy atom. The highest BCUT2D eigenvalue weighted by Crippen LogP contribution is 2.18. The summed E-state index contributed by atoms with van der Waals surface area (Å²) in [5, 5.41) is 17.9. The van der Waals surface area contributed by atoms with E-state index in [-0.39, 0.29) is 11.7 Å². The fourth-order valence-corrected chi connectivity index (χ4v) is 1.34. The minimum absolute atomic E-state index is 0.000813. The Morgan fingerprint density at radius 1 is 1.57 bits per heavy atom. The molecule has 0 saturated carbocycles. The second-order valence-electron chi connectivity index (χ2n) is 2.64. The minimum Gasteiger partial charge on any atom is -0.258 e. The van der Waals surface area contributed by atoms with Crippen LogP contribution in [-0.4, -0.2) is 19.9 Å². The Balaban J connectivity index is 2.63. The number of aromatic nitrogens is 3. The summed E-state index contributed by atoms with van der Waals surface area (Å²) in [7, 11) is 0.